The first-order chi connectivity index (χ1) is 10.6. The molecule has 0 bridgehead atoms. The van der Waals surface area contributed by atoms with Gasteiger partial charge < -0.3 is 19.8 Å². The van der Waals surface area contributed by atoms with Crippen LogP contribution in [0.15, 0.2) is 52.8 Å². The van der Waals surface area contributed by atoms with Crippen LogP contribution in [0.2, 0.25) is 0 Å². The van der Waals surface area contributed by atoms with Crippen LogP contribution >= 0.6 is 0 Å². The second-order valence-electron chi connectivity index (χ2n) is 4.34. The summed E-state index contributed by atoms with van der Waals surface area (Å²) >= 11 is 0. The SMILES string of the molecule is CNC(=O)C(=Cc1ccco1)NC(=O)c1ccc(OC)cc1. The van der Waals surface area contributed by atoms with Crippen LogP contribution in [0.4, 0.5) is 0 Å². The molecule has 0 atom stereocenters. The molecule has 0 aliphatic carbocycles. The third-order valence-electron chi connectivity index (χ3n) is 2.90. The minimum atomic E-state index is -0.418. The Morgan fingerprint density at radius 2 is 1.91 bits per heavy atom. The average Bonchev–Trinajstić information content (AvgIpc) is 3.06. The van der Waals surface area contributed by atoms with Crippen molar-refractivity contribution in [2.75, 3.05) is 14.2 Å². The fraction of sp³-hybridized carbons (Fsp3) is 0.125. The molecule has 2 amide bonds. The van der Waals surface area contributed by atoms with Crippen LogP contribution in [0.5, 0.6) is 5.75 Å². The standard InChI is InChI=1S/C16H16N2O4/c1-17-16(20)14(10-13-4-3-9-22-13)18-15(19)11-5-7-12(21-2)8-6-11/h3-10H,1-2H3,(H,17,20)(H,18,19). The van der Waals surface area contributed by atoms with Crippen LogP contribution in [-0.2, 0) is 4.79 Å². The smallest absolute Gasteiger partial charge is 0.267 e. The first-order valence-electron chi connectivity index (χ1n) is 6.56. The molecular weight excluding hydrogens is 284 g/mol. The Balaban J connectivity index is 2.19. The third-order valence-corrected chi connectivity index (χ3v) is 2.90. The molecule has 1 heterocycles. The lowest BCUT2D eigenvalue weighted by atomic mass is 10.2. The minimum Gasteiger partial charge on any atom is -0.497 e. The molecule has 0 aliphatic rings. The van der Waals surface area contributed by atoms with Gasteiger partial charge in [0, 0.05) is 18.7 Å². The Bertz CT molecular complexity index is 673. The summed E-state index contributed by atoms with van der Waals surface area (Å²) in [6.45, 7) is 0. The fourth-order valence-electron chi connectivity index (χ4n) is 1.75. The van der Waals surface area contributed by atoms with Crippen molar-refractivity contribution in [1.29, 1.82) is 0 Å². The predicted molar refractivity (Wildman–Crippen MR) is 81.2 cm³/mol. The maximum absolute atomic E-state index is 12.2. The fourth-order valence-corrected chi connectivity index (χ4v) is 1.75. The molecule has 1 aromatic heterocycles. The molecule has 6 heteroatoms. The number of benzene rings is 1. The highest BCUT2D eigenvalue weighted by Gasteiger charge is 2.14. The van der Waals surface area contributed by atoms with Crippen LogP contribution in [0.25, 0.3) is 6.08 Å². The van der Waals surface area contributed by atoms with Crippen molar-refractivity contribution in [2.24, 2.45) is 0 Å². The first kappa shape index (κ1) is 15.4. The molecule has 114 valence electrons. The molecule has 2 aromatic rings. The molecule has 0 saturated carbocycles. The van der Waals surface area contributed by atoms with Gasteiger partial charge in [0.05, 0.1) is 13.4 Å². The number of ether oxygens (including phenoxy) is 1. The summed E-state index contributed by atoms with van der Waals surface area (Å²) in [6.07, 6.45) is 2.94. The number of likely N-dealkylation sites (N-methyl/N-ethyl adjacent to an activating group) is 1. The number of carbonyl (C=O) groups is 2. The van der Waals surface area contributed by atoms with Gasteiger partial charge in [-0.25, -0.2) is 0 Å². The van der Waals surface area contributed by atoms with Gasteiger partial charge in [-0.05, 0) is 36.4 Å². The minimum absolute atomic E-state index is 0.0956. The molecule has 0 fully saturated rings. The lowest BCUT2D eigenvalue weighted by Crippen LogP contribution is -2.33. The number of amides is 2. The molecule has 2 rings (SSSR count). The predicted octanol–water partition coefficient (Wildman–Crippen LogP) is 1.81. The summed E-state index contributed by atoms with van der Waals surface area (Å²) in [7, 11) is 3.03. The number of furan rings is 1. The summed E-state index contributed by atoms with van der Waals surface area (Å²) in [6, 6.07) is 9.95. The number of rotatable bonds is 5. The van der Waals surface area contributed by atoms with Crippen molar-refractivity contribution in [3.05, 3.63) is 59.7 Å². The van der Waals surface area contributed by atoms with E-state index >= 15 is 0 Å². The van der Waals surface area contributed by atoms with Crippen molar-refractivity contribution < 1.29 is 18.7 Å². The zero-order valence-corrected chi connectivity index (χ0v) is 12.3. The first-order valence-corrected chi connectivity index (χ1v) is 6.56. The summed E-state index contributed by atoms with van der Waals surface area (Å²) < 4.78 is 10.2. The van der Waals surface area contributed by atoms with Crippen LogP contribution in [0.3, 0.4) is 0 Å². The summed E-state index contributed by atoms with van der Waals surface area (Å²) in [5, 5.41) is 5.04. The third kappa shape index (κ3) is 3.76. The summed E-state index contributed by atoms with van der Waals surface area (Å²) in [5.41, 5.74) is 0.508. The lowest BCUT2D eigenvalue weighted by Gasteiger charge is -2.09. The second-order valence-corrected chi connectivity index (χ2v) is 4.34. The highest BCUT2D eigenvalue weighted by molar-refractivity contribution is 6.05. The normalized spacial score (nSPS) is 10.9. The molecule has 0 spiro atoms. The zero-order chi connectivity index (χ0) is 15.9. The number of carbonyl (C=O) groups excluding carboxylic acids is 2. The van der Waals surface area contributed by atoms with E-state index in [9.17, 15) is 9.59 Å². The van der Waals surface area contributed by atoms with E-state index in [1.165, 1.54) is 19.4 Å². The quantitative estimate of drug-likeness (QED) is 0.825. The topological polar surface area (TPSA) is 80.6 Å². The molecule has 6 nitrogen and oxygen atoms in total. The van der Waals surface area contributed by atoms with Crippen LogP contribution in [-0.4, -0.2) is 26.0 Å². The molecule has 0 unspecified atom stereocenters. The van der Waals surface area contributed by atoms with Gasteiger partial charge >= 0.3 is 0 Å². The molecule has 0 saturated heterocycles. The maximum Gasteiger partial charge on any atom is 0.267 e. The van der Waals surface area contributed by atoms with Crippen molar-refractivity contribution in [2.45, 2.75) is 0 Å². The molecule has 0 radical (unpaired) electrons. The number of hydrogen-bond acceptors (Lipinski definition) is 4. The van der Waals surface area contributed by atoms with E-state index in [2.05, 4.69) is 10.6 Å². The molecule has 0 aliphatic heterocycles. The number of methoxy groups -OCH3 is 1. The average molecular weight is 300 g/mol. The van der Waals surface area contributed by atoms with Crippen LogP contribution in [0, 0.1) is 0 Å². The lowest BCUT2D eigenvalue weighted by molar-refractivity contribution is -0.117. The molecular formula is C16H16N2O4. The number of hydrogen-bond donors (Lipinski definition) is 2. The van der Waals surface area contributed by atoms with Crippen molar-refractivity contribution in [3.63, 3.8) is 0 Å². The van der Waals surface area contributed by atoms with Crippen LogP contribution < -0.4 is 15.4 Å². The van der Waals surface area contributed by atoms with Gasteiger partial charge in [0.1, 0.15) is 17.2 Å². The largest absolute Gasteiger partial charge is 0.497 e. The Labute approximate surface area is 127 Å². The molecule has 22 heavy (non-hydrogen) atoms. The van der Waals surface area contributed by atoms with Crippen molar-refractivity contribution >= 4 is 17.9 Å². The second kappa shape index (κ2) is 7.12. The summed E-state index contributed by atoms with van der Waals surface area (Å²) in [5.74, 6) is 0.296. The van der Waals surface area contributed by atoms with Gasteiger partial charge in [0.25, 0.3) is 11.8 Å². The highest BCUT2D eigenvalue weighted by atomic mass is 16.5. The maximum atomic E-state index is 12.2. The highest BCUT2D eigenvalue weighted by Crippen LogP contribution is 2.12. The summed E-state index contributed by atoms with van der Waals surface area (Å²) in [4.78, 5) is 24.0. The van der Waals surface area contributed by atoms with E-state index in [-0.39, 0.29) is 5.70 Å². The number of nitrogens with one attached hydrogen (secondary N) is 2. The van der Waals surface area contributed by atoms with E-state index in [0.29, 0.717) is 17.1 Å². The van der Waals surface area contributed by atoms with Crippen molar-refractivity contribution in [3.8, 4) is 5.75 Å². The molecule has 2 N–H and O–H groups in total. The van der Waals surface area contributed by atoms with Gasteiger partial charge in [-0.1, -0.05) is 0 Å². The van der Waals surface area contributed by atoms with Gasteiger partial charge in [-0.15, -0.1) is 0 Å². The zero-order valence-electron chi connectivity index (χ0n) is 12.3. The monoisotopic (exact) mass is 300 g/mol. The van der Waals surface area contributed by atoms with E-state index < -0.39 is 11.8 Å². The van der Waals surface area contributed by atoms with Crippen LogP contribution in [0.1, 0.15) is 16.1 Å². The van der Waals surface area contributed by atoms with E-state index in [0.717, 1.165) is 0 Å². The van der Waals surface area contributed by atoms with E-state index in [1.54, 1.807) is 43.5 Å². The Morgan fingerprint density at radius 1 is 1.18 bits per heavy atom. The Kier molecular flexibility index (Phi) is 4.98. The van der Waals surface area contributed by atoms with E-state index in [1.807, 2.05) is 0 Å². The molecule has 1 aromatic carbocycles. The Morgan fingerprint density at radius 3 is 2.45 bits per heavy atom. The van der Waals surface area contributed by atoms with Crippen molar-refractivity contribution in [1.82, 2.24) is 10.6 Å². The Hall–Kier alpha value is -3.02. The van der Waals surface area contributed by atoms with Gasteiger partial charge in [-0.3, -0.25) is 9.59 Å². The van der Waals surface area contributed by atoms with E-state index in [4.69, 9.17) is 9.15 Å². The van der Waals surface area contributed by atoms with Gasteiger partial charge in [0.2, 0.25) is 0 Å². The van der Waals surface area contributed by atoms with Gasteiger partial charge in [0.15, 0.2) is 0 Å². The van der Waals surface area contributed by atoms with Gasteiger partial charge in [-0.2, -0.15) is 0 Å².